The van der Waals surface area contributed by atoms with Gasteiger partial charge in [-0.05, 0) is 47.3 Å². The van der Waals surface area contributed by atoms with Crippen LogP contribution in [0.1, 0.15) is 18.4 Å². The number of pyridine rings is 1. The first-order chi connectivity index (χ1) is 7.25. The van der Waals surface area contributed by atoms with Crippen LogP contribution >= 0.6 is 27.7 Å². The van der Waals surface area contributed by atoms with E-state index >= 15 is 0 Å². The maximum Gasteiger partial charge on any atom is 0.0990 e. The van der Waals surface area contributed by atoms with Gasteiger partial charge in [-0.3, -0.25) is 0 Å². The zero-order valence-electron chi connectivity index (χ0n) is 8.70. The molecule has 82 valence electrons. The Morgan fingerprint density at radius 1 is 1.67 bits per heavy atom. The van der Waals surface area contributed by atoms with Crippen molar-refractivity contribution in [2.75, 3.05) is 12.4 Å². The monoisotopic (exact) mass is 287 g/mol. The SMILES string of the molecule is Cc1cc(Br)cnc1SCC1CCCO1. The molecule has 0 amide bonds. The molecule has 0 aliphatic carbocycles. The van der Waals surface area contributed by atoms with E-state index in [0.717, 1.165) is 21.9 Å². The van der Waals surface area contributed by atoms with Crippen molar-refractivity contribution < 1.29 is 4.74 Å². The minimum absolute atomic E-state index is 0.430. The molecule has 1 aromatic heterocycles. The molecule has 1 unspecified atom stereocenters. The van der Waals surface area contributed by atoms with Gasteiger partial charge in [0.15, 0.2) is 0 Å². The average Bonchev–Trinajstić information content (AvgIpc) is 2.69. The highest BCUT2D eigenvalue weighted by Gasteiger charge is 2.16. The third kappa shape index (κ3) is 3.20. The molecular formula is C11H14BrNOS. The second-order valence-electron chi connectivity index (χ2n) is 3.72. The summed E-state index contributed by atoms with van der Waals surface area (Å²) >= 11 is 5.21. The van der Waals surface area contributed by atoms with E-state index in [2.05, 4.69) is 33.9 Å². The van der Waals surface area contributed by atoms with Crippen LogP contribution in [0.4, 0.5) is 0 Å². The minimum atomic E-state index is 0.430. The van der Waals surface area contributed by atoms with Crippen molar-refractivity contribution in [3.63, 3.8) is 0 Å². The van der Waals surface area contributed by atoms with Crippen LogP contribution in [0.5, 0.6) is 0 Å². The Hall–Kier alpha value is -0.0600. The zero-order chi connectivity index (χ0) is 10.7. The molecule has 0 N–H and O–H groups in total. The quantitative estimate of drug-likeness (QED) is 0.796. The maximum atomic E-state index is 5.58. The summed E-state index contributed by atoms with van der Waals surface area (Å²) in [5.74, 6) is 1.02. The molecule has 1 atom stereocenters. The van der Waals surface area contributed by atoms with Crippen LogP contribution in [0.2, 0.25) is 0 Å². The fourth-order valence-electron chi connectivity index (χ4n) is 1.63. The van der Waals surface area contributed by atoms with Gasteiger partial charge in [0.1, 0.15) is 0 Å². The molecule has 2 rings (SSSR count). The third-order valence-corrected chi connectivity index (χ3v) is 4.10. The van der Waals surface area contributed by atoms with Gasteiger partial charge in [-0.15, -0.1) is 11.8 Å². The van der Waals surface area contributed by atoms with Gasteiger partial charge >= 0.3 is 0 Å². The van der Waals surface area contributed by atoms with Crippen molar-refractivity contribution in [2.24, 2.45) is 0 Å². The highest BCUT2D eigenvalue weighted by Crippen LogP contribution is 2.26. The summed E-state index contributed by atoms with van der Waals surface area (Å²) in [4.78, 5) is 4.40. The van der Waals surface area contributed by atoms with Crippen molar-refractivity contribution >= 4 is 27.7 Å². The normalized spacial score (nSPS) is 20.8. The van der Waals surface area contributed by atoms with Gasteiger partial charge in [0.25, 0.3) is 0 Å². The Morgan fingerprint density at radius 3 is 3.20 bits per heavy atom. The molecular weight excluding hydrogens is 274 g/mol. The van der Waals surface area contributed by atoms with Crippen LogP contribution in [0.25, 0.3) is 0 Å². The Morgan fingerprint density at radius 2 is 2.53 bits per heavy atom. The summed E-state index contributed by atoms with van der Waals surface area (Å²) in [6.07, 6.45) is 4.69. The fraction of sp³-hybridized carbons (Fsp3) is 0.545. The van der Waals surface area contributed by atoms with Crippen molar-refractivity contribution in [2.45, 2.75) is 30.9 Å². The van der Waals surface area contributed by atoms with Gasteiger partial charge in [0, 0.05) is 23.0 Å². The first-order valence-corrected chi connectivity index (χ1v) is 6.90. The Balaban J connectivity index is 1.92. The van der Waals surface area contributed by atoms with Gasteiger partial charge in [-0.2, -0.15) is 0 Å². The number of aryl methyl sites for hydroxylation is 1. The van der Waals surface area contributed by atoms with Crippen molar-refractivity contribution in [1.29, 1.82) is 0 Å². The lowest BCUT2D eigenvalue weighted by atomic mass is 10.3. The van der Waals surface area contributed by atoms with Crippen LogP contribution in [-0.2, 0) is 4.74 Å². The molecule has 2 nitrogen and oxygen atoms in total. The van der Waals surface area contributed by atoms with E-state index in [1.54, 1.807) is 11.8 Å². The molecule has 1 saturated heterocycles. The smallest absolute Gasteiger partial charge is 0.0990 e. The van der Waals surface area contributed by atoms with Crippen molar-refractivity contribution in [1.82, 2.24) is 4.98 Å². The van der Waals surface area contributed by atoms with Gasteiger partial charge in [0.05, 0.1) is 11.1 Å². The summed E-state index contributed by atoms with van der Waals surface area (Å²) in [6, 6.07) is 2.10. The van der Waals surface area contributed by atoms with Crippen LogP contribution in [0, 0.1) is 6.92 Å². The Kier molecular flexibility index (Phi) is 4.05. The molecule has 1 aliphatic heterocycles. The van der Waals surface area contributed by atoms with Crippen LogP contribution in [0.3, 0.4) is 0 Å². The molecule has 1 fully saturated rings. The third-order valence-electron chi connectivity index (χ3n) is 2.43. The van der Waals surface area contributed by atoms with E-state index in [9.17, 15) is 0 Å². The number of aromatic nitrogens is 1. The number of halogens is 1. The van der Waals surface area contributed by atoms with E-state index in [0.29, 0.717) is 6.10 Å². The summed E-state index contributed by atoms with van der Waals surface area (Å²) in [5, 5.41) is 1.12. The number of thioether (sulfide) groups is 1. The minimum Gasteiger partial charge on any atom is -0.377 e. The van der Waals surface area contributed by atoms with Crippen molar-refractivity contribution in [3.8, 4) is 0 Å². The van der Waals surface area contributed by atoms with Gasteiger partial charge < -0.3 is 4.74 Å². The number of hydrogen-bond acceptors (Lipinski definition) is 3. The molecule has 1 aliphatic rings. The summed E-state index contributed by atoms with van der Waals surface area (Å²) in [6.45, 7) is 3.02. The molecule has 0 bridgehead atoms. The summed E-state index contributed by atoms with van der Waals surface area (Å²) < 4.78 is 6.62. The molecule has 2 heterocycles. The zero-order valence-corrected chi connectivity index (χ0v) is 11.1. The second-order valence-corrected chi connectivity index (χ2v) is 5.65. The van der Waals surface area contributed by atoms with Gasteiger partial charge in [-0.1, -0.05) is 0 Å². The fourth-order valence-corrected chi connectivity index (χ4v) is 3.09. The standard InChI is InChI=1S/C11H14BrNOS/c1-8-5-9(12)6-13-11(8)15-7-10-3-2-4-14-10/h5-6,10H,2-4,7H2,1H3. The van der Waals surface area contributed by atoms with E-state index in [1.807, 2.05) is 6.20 Å². The van der Waals surface area contributed by atoms with E-state index < -0.39 is 0 Å². The second kappa shape index (κ2) is 5.32. The lowest BCUT2D eigenvalue weighted by Gasteiger charge is -2.09. The predicted molar refractivity (Wildman–Crippen MR) is 66.4 cm³/mol. The van der Waals surface area contributed by atoms with Gasteiger partial charge in [-0.25, -0.2) is 4.98 Å². The molecule has 0 saturated carbocycles. The molecule has 4 heteroatoms. The highest BCUT2D eigenvalue weighted by molar-refractivity contribution is 9.10. The molecule has 0 aromatic carbocycles. The van der Waals surface area contributed by atoms with Crippen LogP contribution < -0.4 is 0 Å². The lowest BCUT2D eigenvalue weighted by Crippen LogP contribution is -2.08. The summed E-state index contributed by atoms with van der Waals surface area (Å²) in [5.41, 5.74) is 1.23. The highest BCUT2D eigenvalue weighted by atomic mass is 79.9. The first kappa shape index (κ1) is 11.4. The van der Waals surface area contributed by atoms with Gasteiger partial charge in [0.2, 0.25) is 0 Å². The molecule has 0 spiro atoms. The number of nitrogens with zero attached hydrogens (tertiary/aromatic N) is 1. The molecule has 1 aromatic rings. The Bertz CT molecular complexity index is 339. The number of ether oxygens (including phenoxy) is 1. The van der Waals surface area contributed by atoms with E-state index in [-0.39, 0.29) is 0 Å². The number of hydrogen-bond donors (Lipinski definition) is 0. The Labute approximate surface area is 103 Å². The predicted octanol–water partition coefficient (Wildman–Crippen LogP) is 3.42. The average molecular weight is 288 g/mol. The maximum absolute atomic E-state index is 5.58. The van der Waals surface area contributed by atoms with Crippen molar-refractivity contribution in [3.05, 3.63) is 22.3 Å². The van der Waals surface area contributed by atoms with E-state index in [1.165, 1.54) is 18.4 Å². The number of rotatable bonds is 3. The summed E-state index contributed by atoms with van der Waals surface area (Å²) in [7, 11) is 0. The topological polar surface area (TPSA) is 22.1 Å². The first-order valence-electron chi connectivity index (χ1n) is 5.12. The molecule has 15 heavy (non-hydrogen) atoms. The lowest BCUT2D eigenvalue weighted by molar-refractivity contribution is 0.129. The largest absolute Gasteiger partial charge is 0.377 e. The van der Waals surface area contributed by atoms with Crippen LogP contribution in [0.15, 0.2) is 21.8 Å². The molecule has 0 radical (unpaired) electrons. The van der Waals surface area contributed by atoms with Crippen LogP contribution in [-0.4, -0.2) is 23.4 Å². The van der Waals surface area contributed by atoms with E-state index in [4.69, 9.17) is 4.74 Å².